The van der Waals surface area contributed by atoms with Gasteiger partial charge in [0.2, 0.25) is 0 Å². The Morgan fingerprint density at radius 1 is 1.17 bits per heavy atom. The van der Waals surface area contributed by atoms with Crippen molar-refractivity contribution in [3.63, 3.8) is 0 Å². The van der Waals surface area contributed by atoms with Crippen molar-refractivity contribution in [2.75, 3.05) is 65.3 Å². The molecule has 29 heavy (non-hydrogen) atoms. The largest absolute Gasteiger partial charge is 0.381 e. The number of sulfone groups is 1. The smallest absolute Gasteiger partial charge is 0.193 e. The number of hydrogen-bond acceptors (Lipinski definition) is 5. The third kappa shape index (κ3) is 6.67. The lowest BCUT2D eigenvalue weighted by atomic mass is 9.99. The normalized spacial score (nSPS) is 26.2. The molecule has 0 aromatic carbocycles. The summed E-state index contributed by atoms with van der Waals surface area (Å²) in [5, 5.41) is 3.39. The first kappa shape index (κ1) is 25.1. The topological polar surface area (TPSA) is 74.2 Å². The van der Waals surface area contributed by atoms with E-state index in [0.717, 1.165) is 25.6 Å². The van der Waals surface area contributed by atoms with Crippen molar-refractivity contribution in [3.05, 3.63) is 0 Å². The van der Waals surface area contributed by atoms with Gasteiger partial charge in [-0.2, -0.15) is 0 Å². The zero-order chi connectivity index (χ0) is 20.0. The molecule has 0 aromatic heterocycles. The number of nitrogens with one attached hydrogen (secondary N) is 1. The number of nitrogens with zero attached hydrogens (tertiary/aromatic N) is 3. The molecule has 7 nitrogen and oxygen atoms in total. The van der Waals surface area contributed by atoms with Crippen LogP contribution in [0.5, 0.6) is 0 Å². The molecule has 0 saturated carbocycles. The van der Waals surface area contributed by atoms with E-state index in [2.05, 4.69) is 22.0 Å². The van der Waals surface area contributed by atoms with Crippen LogP contribution in [0.1, 0.15) is 45.4 Å². The Hall–Kier alpha value is -0.130. The first-order valence-corrected chi connectivity index (χ1v) is 12.9. The van der Waals surface area contributed by atoms with Crippen LogP contribution in [0.25, 0.3) is 0 Å². The summed E-state index contributed by atoms with van der Waals surface area (Å²) in [6.45, 7) is 9.86. The van der Waals surface area contributed by atoms with Gasteiger partial charge < -0.3 is 19.9 Å². The minimum absolute atomic E-state index is 0. The monoisotopic (exact) mass is 542 g/mol. The first-order chi connectivity index (χ1) is 13.4. The average Bonchev–Trinajstić information content (AvgIpc) is 3.14. The Bertz CT molecular complexity index is 632. The van der Waals surface area contributed by atoms with Crippen molar-refractivity contribution in [3.8, 4) is 0 Å². The summed E-state index contributed by atoms with van der Waals surface area (Å²) >= 11 is 0. The molecule has 1 N–H and O–H groups in total. The van der Waals surface area contributed by atoms with Crippen LogP contribution in [0, 0.1) is 5.92 Å². The molecule has 0 bridgehead atoms. The lowest BCUT2D eigenvalue weighted by Gasteiger charge is -2.34. The second kappa shape index (κ2) is 11.5. The Morgan fingerprint density at radius 2 is 1.86 bits per heavy atom. The van der Waals surface area contributed by atoms with Gasteiger partial charge in [-0.15, -0.1) is 24.0 Å². The van der Waals surface area contributed by atoms with Crippen molar-refractivity contribution < 1.29 is 13.2 Å². The molecule has 3 saturated heterocycles. The van der Waals surface area contributed by atoms with E-state index >= 15 is 0 Å². The van der Waals surface area contributed by atoms with Crippen LogP contribution in [-0.4, -0.2) is 94.2 Å². The Labute approximate surface area is 194 Å². The lowest BCUT2D eigenvalue weighted by molar-refractivity contribution is 0.0767. The molecule has 3 aliphatic heterocycles. The van der Waals surface area contributed by atoms with Crippen molar-refractivity contribution >= 4 is 39.8 Å². The van der Waals surface area contributed by atoms with Crippen molar-refractivity contribution in [1.82, 2.24) is 15.1 Å². The van der Waals surface area contributed by atoms with Crippen LogP contribution in [0.4, 0.5) is 0 Å². The summed E-state index contributed by atoms with van der Waals surface area (Å²) in [5.41, 5.74) is 0. The van der Waals surface area contributed by atoms with E-state index in [1.807, 2.05) is 0 Å². The number of guanidine groups is 1. The zero-order valence-electron chi connectivity index (χ0n) is 18.1. The Balaban J connectivity index is 0.00000300. The van der Waals surface area contributed by atoms with Gasteiger partial charge in [0.05, 0.1) is 11.3 Å². The summed E-state index contributed by atoms with van der Waals surface area (Å²) in [6.07, 6.45) is 7.64. The number of likely N-dealkylation sites (tertiary alicyclic amines) is 2. The van der Waals surface area contributed by atoms with E-state index in [1.165, 1.54) is 51.6 Å². The second-order valence-corrected chi connectivity index (χ2v) is 11.1. The molecule has 0 amide bonds. The standard InChI is InChI=1S/C20H38N4O3S.HI/c1-3-21-19(22-17-20(28(2,25)26)8-13-27-14-9-20)24-12-7-18(16-24)15-23-10-5-4-6-11-23;/h18H,3-17H2,1-2H3,(H,21,22);1H. The minimum atomic E-state index is -3.19. The molecule has 3 aliphatic rings. The predicted octanol–water partition coefficient (Wildman–Crippen LogP) is 1.97. The average molecular weight is 543 g/mol. The lowest BCUT2D eigenvalue weighted by Crippen LogP contribution is -2.48. The Morgan fingerprint density at radius 3 is 2.48 bits per heavy atom. The number of hydrogen-bond donors (Lipinski definition) is 1. The molecule has 1 unspecified atom stereocenters. The maximum atomic E-state index is 12.5. The summed E-state index contributed by atoms with van der Waals surface area (Å²) in [4.78, 5) is 9.76. The highest BCUT2D eigenvalue weighted by Gasteiger charge is 2.42. The number of aliphatic imine (C=N–C) groups is 1. The van der Waals surface area contributed by atoms with Crippen molar-refractivity contribution in [2.24, 2.45) is 10.9 Å². The van der Waals surface area contributed by atoms with Crippen molar-refractivity contribution in [2.45, 2.75) is 50.2 Å². The van der Waals surface area contributed by atoms with E-state index in [-0.39, 0.29) is 24.0 Å². The molecule has 1 atom stereocenters. The predicted molar refractivity (Wildman–Crippen MR) is 129 cm³/mol. The minimum Gasteiger partial charge on any atom is -0.381 e. The maximum absolute atomic E-state index is 12.5. The van der Waals surface area contributed by atoms with E-state index in [0.29, 0.717) is 38.5 Å². The van der Waals surface area contributed by atoms with Gasteiger partial charge in [-0.3, -0.25) is 4.99 Å². The third-order valence-electron chi connectivity index (χ3n) is 6.59. The van der Waals surface area contributed by atoms with E-state index in [4.69, 9.17) is 9.73 Å². The van der Waals surface area contributed by atoms with Crippen LogP contribution < -0.4 is 5.32 Å². The highest BCUT2D eigenvalue weighted by atomic mass is 127. The zero-order valence-corrected chi connectivity index (χ0v) is 21.2. The second-order valence-electron chi connectivity index (χ2n) is 8.70. The van der Waals surface area contributed by atoms with Gasteiger partial charge in [0, 0.05) is 45.6 Å². The Kier molecular flexibility index (Phi) is 9.95. The van der Waals surface area contributed by atoms with Crippen molar-refractivity contribution in [1.29, 1.82) is 0 Å². The molecule has 0 aliphatic carbocycles. The van der Waals surface area contributed by atoms with E-state index < -0.39 is 14.6 Å². The fourth-order valence-corrected chi connectivity index (χ4v) is 5.92. The van der Waals surface area contributed by atoms with Gasteiger partial charge in [0.1, 0.15) is 0 Å². The SMILES string of the molecule is CCNC(=NCC1(S(C)(=O)=O)CCOCC1)N1CCC(CN2CCCCC2)C1.I. The highest BCUT2D eigenvalue weighted by molar-refractivity contribution is 14.0. The third-order valence-corrected chi connectivity index (χ3v) is 8.70. The molecular formula is C20H39IN4O3S. The van der Waals surface area contributed by atoms with E-state index in [9.17, 15) is 8.42 Å². The summed E-state index contributed by atoms with van der Waals surface area (Å²) < 4.78 is 29.7. The van der Waals surface area contributed by atoms with Gasteiger partial charge in [-0.1, -0.05) is 6.42 Å². The van der Waals surface area contributed by atoms with Crippen LogP contribution in [0.15, 0.2) is 4.99 Å². The van der Waals surface area contributed by atoms with Crippen LogP contribution >= 0.6 is 24.0 Å². The highest BCUT2D eigenvalue weighted by Crippen LogP contribution is 2.30. The number of ether oxygens (including phenoxy) is 1. The van der Waals surface area contributed by atoms with Gasteiger partial charge in [0.15, 0.2) is 15.8 Å². The fourth-order valence-electron chi connectivity index (χ4n) is 4.72. The quantitative estimate of drug-likeness (QED) is 0.315. The molecule has 0 spiro atoms. The molecule has 9 heteroatoms. The van der Waals surface area contributed by atoms with Crippen LogP contribution in [0.2, 0.25) is 0 Å². The molecule has 3 fully saturated rings. The maximum Gasteiger partial charge on any atom is 0.193 e. The van der Waals surface area contributed by atoms with Gasteiger partial charge in [-0.05, 0) is 58.0 Å². The molecule has 0 aromatic rings. The van der Waals surface area contributed by atoms with Gasteiger partial charge in [0.25, 0.3) is 0 Å². The molecule has 170 valence electrons. The first-order valence-electron chi connectivity index (χ1n) is 11.0. The number of rotatable bonds is 6. The molecule has 3 heterocycles. The van der Waals surface area contributed by atoms with Crippen LogP contribution in [-0.2, 0) is 14.6 Å². The summed E-state index contributed by atoms with van der Waals surface area (Å²) in [7, 11) is -3.19. The van der Waals surface area contributed by atoms with E-state index in [1.54, 1.807) is 0 Å². The summed E-state index contributed by atoms with van der Waals surface area (Å²) in [6, 6.07) is 0. The molecule has 3 rings (SSSR count). The fraction of sp³-hybridized carbons (Fsp3) is 0.950. The van der Waals surface area contributed by atoms with Gasteiger partial charge in [-0.25, -0.2) is 8.42 Å². The van der Waals surface area contributed by atoms with Crippen LogP contribution in [0.3, 0.4) is 0 Å². The summed E-state index contributed by atoms with van der Waals surface area (Å²) in [5.74, 6) is 1.55. The number of piperidine rings is 1. The number of halogens is 1. The van der Waals surface area contributed by atoms with Gasteiger partial charge >= 0.3 is 0 Å². The molecule has 0 radical (unpaired) electrons. The molecular weight excluding hydrogens is 503 g/mol.